The third-order valence-electron chi connectivity index (χ3n) is 3.85. The van der Waals surface area contributed by atoms with Crippen LogP contribution in [-0.2, 0) is 11.2 Å². The highest BCUT2D eigenvalue weighted by atomic mass is 16.5. The van der Waals surface area contributed by atoms with Crippen LogP contribution in [0.3, 0.4) is 0 Å². The Hall–Kier alpha value is -3.27. The predicted molar refractivity (Wildman–Crippen MR) is 99.7 cm³/mol. The zero-order chi connectivity index (χ0) is 18.2. The number of aromatic hydroxyl groups is 1. The van der Waals surface area contributed by atoms with Gasteiger partial charge in [-0.05, 0) is 66.9 Å². The average Bonchev–Trinajstić information content (AvgIpc) is 2.68. The molecule has 3 aromatic carbocycles. The third kappa shape index (κ3) is 5.11. The molecule has 0 fully saturated rings. The molecule has 0 amide bonds. The highest BCUT2D eigenvalue weighted by Crippen LogP contribution is 2.23. The van der Waals surface area contributed by atoms with Crippen molar-refractivity contribution >= 4 is 5.97 Å². The van der Waals surface area contributed by atoms with Crippen molar-refractivity contribution in [1.29, 1.82) is 0 Å². The molecule has 0 aliphatic heterocycles. The quantitative estimate of drug-likeness (QED) is 0.483. The van der Waals surface area contributed by atoms with E-state index < -0.39 is 0 Å². The maximum absolute atomic E-state index is 12.1. The standard InChI is InChI=1S/C22H20O4/c23-19-10-14-21(15-11-19)26-20-12-8-18(9-13-20)22(24)25-16-4-7-17-5-2-1-3-6-17/h1-3,5-6,8-15,23H,4,7,16H2. The van der Waals surface area contributed by atoms with Gasteiger partial charge in [0.05, 0.1) is 12.2 Å². The molecular weight excluding hydrogens is 328 g/mol. The van der Waals surface area contributed by atoms with Crippen LogP contribution in [0.15, 0.2) is 78.9 Å². The maximum Gasteiger partial charge on any atom is 0.338 e. The Morgan fingerprint density at radius 2 is 1.42 bits per heavy atom. The molecule has 3 rings (SSSR count). The number of phenols is 1. The molecule has 4 heteroatoms. The number of hydrogen-bond donors (Lipinski definition) is 1. The molecular formula is C22H20O4. The van der Waals surface area contributed by atoms with Crippen LogP contribution >= 0.6 is 0 Å². The fraction of sp³-hybridized carbons (Fsp3) is 0.136. The van der Waals surface area contributed by atoms with Crippen LogP contribution in [0.1, 0.15) is 22.3 Å². The monoisotopic (exact) mass is 348 g/mol. The van der Waals surface area contributed by atoms with Gasteiger partial charge in [0.2, 0.25) is 0 Å². The van der Waals surface area contributed by atoms with Crippen molar-refractivity contribution in [2.75, 3.05) is 6.61 Å². The van der Waals surface area contributed by atoms with Gasteiger partial charge in [-0.25, -0.2) is 4.79 Å². The fourth-order valence-corrected chi connectivity index (χ4v) is 2.48. The number of aryl methyl sites for hydroxylation is 1. The van der Waals surface area contributed by atoms with Gasteiger partial charge in [0.15, 0.2) is 0 Å². The van der Waals surface area contributed by atoms with Crippen molar-refractivity contribution in [3.05, 3.63) is 90.0 Å². The summed E-state index contributed by atoms with van der Waals surface area (Å²) in [5, 5.41) is 9.27. The first-order chi connectivity index (χ1) is 12.7. The van der Waals surface area contributed by atoms with E-state index in [4.69, 9.17) is 9.47 Å². The Bertz CT molecular complexity index is 824. The predicted octanol–water partition coefficient (Wildman–Crippen LogP) is 4.97. The van der Waals surface area contributed by atoms with E-state index >= 15 is 0 Å². The van der Waals surface area contributed by atoms with Gasteiger partial charge in [0.1, 0.15) is 17.2 Å². The molecule has 26 heavy (non-hydrogen) atoms. The first kappa shape index (κ1) is 17.5. The fourth-order valence-electron chi connectivity index (χ4n) is 2.48. The topological polar surface area (TPSA) is 55.8 Å². The van der Waals surface area contributed by atoms with E-state index in [1.165, 1.54) is 5.56 Å². The van der Waals surface area contributed by atoms with Gasteiger partial charge < -0.3 is 14.6 Å². The van der Waals surface area contributed by atoms with Gasteiger partial charge >= 0.3 is 5.97 Å². The van der Waals surface area contributed by atoms with Crippen LogP contribution in [0, 0.1) is 0 Å². The highest BCUT2D eigenvalue weighted by Gasteiger charge is 2.07. The summed E-state index contributed by atoms with van der Waals surface area (Å²) in [4.78, 5) is 12.1. The molecule has 0 saturated heterocycles. The Kier molecular flexibility index (Phi) is 5.88. The largest absolute Gasteiger partial charge is 0.508 e. The van der Waals surface area contributed by atoms with E-state index in [2.05, 4.69) is 12.1 Å². The first-order valence-electron chi connectivity index (χ1n) is 8.49. The molecule has 4 nitrogen and oxygen atoms in total. The number of benzene rings is 3. The Morgan fingerprint density at radius 1 is 0.808 bits per heavy atom. The first-order valence-corrected chi connectivity index (χ1v) is 8.49. The second kappa shape index (κ2) is 8.72. The van der Waals surface area contributed by atoms with Crippen LogP contribution in [0.4, 0.5) is 0 Å². The number of carbonyl (C=O) groups is 1. The van der Waals surface area contributed by atoms with Crippen molar-refractivity contribution in [2.45, 2.75) is 12.8 Å². The van der Waals surface area contributed by atoms with Gasteiger partial charge in [-0.2, -0.15) is 0 Å². The SMILES string of the molecule is O=C(OCCCc1ccccc1)c1ccc(Oc2ccc(O)cc2)cc1. The number of hydrogen-bond acceptors (Lipinski definition) is 4. The zero-order valence-corrected chi connectivity index (χ0v) is 14.3. The van der Waals surface area contributed by atoms with Gasteiger partial charge in [-0.3, -0.25) is 0 Å². The van der Waals surface area contributed by atoms with Crippen LogP contribution in [0.25, 0.3) is 0 Å². The van der Waals surface area contributed by atoms with E-state index in [1.54, 1.807) is 48.5 Å². The molecule has 0 radical (unpaired) electrons. The second-order valence-electron chi connectivity index (χ2n) is 5.85. The Balaban J connectivity index is 1.46. The van der Waals surface area contributed by atoms with Crippen molar-refractivity contribution in [3.8, 4) is 17.2 Å². The van der Waals surface area contributed by atoms with Gasteiger partial charge in [0, 0.05) is 0 Å². The lowest BCUT2D eigenvalue weighted by Gasteiger charge is -2.08. The summed E-state index contributed by atoms with van der Waals surface area (Å²) in [6.07, 6.45) is 1.67. The summed E-state index contributed by atoms with van der Waals surface area (Å²) in [5.74, 6) is 1.06. The molecule has 0 aliphatic carbocycles. The van der Waals surface area contributed by atoms with Gasteiger partial charge in [-0.1, -0.05) is 30.3 Å². The lowest BCUT2D eigenvalue weighted by Crippen LogP contribution is -2.07. The summed E-state index contributed by atoms with van der Waals surface area (Å²) >= 11 is 0. The van der Waals surface area contributed by atoms with Crippen LogP contribution in [0.2, 0.25) is 0 Å². The number of esters is 1. The summed E-state index contributed by atoms with van der Waals surface area (Å²) in [6.45, 7) is 0.388. The summed E-state index contributed by atoms with van der Waals surface area (Å²) in [5.41, 5.74) is 1.72. The molecule has 0 atom stereocenters. The van der Waals surface area contributed by atoms with Gasteiger partial charge in [-0.15, -0.1) is 0 Å². The zero-order valence-electron chi connectivity index (χ0n) is 14.3. The van der Waals surface area contributed by atoms with E-state index in [0.717, 1.165) is 12.8 Å². The summed E-state index contributed by atoms with van der Waals surface area (Å²) in [6, 6.07) is 23.3. The molecule has 0 saturated carbocycles. The molecule has 0 bridgehead atoms. The van der Waals surface area contributed by atoms with Crippen molar-refractivity contribution in [2.24, 2.45) is 0 Å². The van der Waals surface area contributed by atoms with Crippen molar-refractivity contribution < 1.29 is 19.4 Å². The highest BCUT2D eigenvalue weighted by molar-refractivity contribution is 5.89. The molecule has 0 aromatic heterocycles. The van der Waals surface area contributed by atoms with Gasteiger partial charge in [0.25, 0.3) is 0 Å². The molecule has 0 spiro atoms. The normalized spacial score (nSPS) is 10.3. The van der Waals surface area contributed by atoms with E-state index in [9.17, 15) is 9.90 Å². The summed E-state index contributed by atoms with van der Waals surface area (Å²) < 4.78 is 11.0. The van der Waals surface area contributed by atoms with Crippen LogP contribution < -0.4 is 4.74 Å². The third-order valence-corrected chi connectivity index (χ3v) is 3.85. The van der Waals surface area contributed by atoms with Crippen LogP contribution in [-0.4, -0.2) is 17.7 Å². The Morgan fingerprint density at radius 3 is 2.08 bits per heavy atom. The molecule has 0 aliphatic rings. The Labute approximate surface area is 152 Å². The smallest absolute Gasteiger partial charge is 0.338 e. The van der Waals surface area contributed by atoms with Crippen LogP contribution in [0.5, 0.6) is 17.2 Å². The summed E-state index contributed by atoms with van der Waals surface area (Å²) in [7, 11) is 0. The maximum atomic E-state index is 12.1. The minimum Gasteiger partial charge on any atom is -0.508 e. The lowest BCUT2D eigenvalue weighted by molar-refractivity contribution is 0.0500. The number of ether oxygens (including phenoxy) is 2. The molecule has 0 heterocycles. The van der Waals surface area contributed by atoms with Crippen molar-refractivity contribution in [1.82, 2.24) is 0 Å². The number of phenolic OH excluding ortho intramolecular Hbond substituents is 1. The van der Waals surface area contributed by atoms with Crippen molar-refractivity contribution in [3.63, 3.8) is 0 Å². The molecule has 0 unspecified atom stereocenters. The number of rotatable bonds is 7. The minimum absolute atomic E-state index is 0.183. The lowest BCUT2D eigenvalue weighted by atomic mass is 10.1. The van der Waals surface area contributed by atoms with E-state index in [-0.39, 0.29) is 11.7 Å². The number of carbonyl (C=O) groups excluding carboxylic acids is 1. The average molecular weight is 348 g/mol. The van der Waals surface area contributed by atoms with E-state index in [1.807, 2.05) is 18.2 Å². The molecule has 3 aromatic rings. The van der Waals surface area contributed by atoms with E-state index in [0.29, 0.717) is 23.7 Å². The minimum atomic E-state index is -0.339. The molecule has 1 N–H and O–H groups in total. The second-order valence-corrected chi connectivity index (χ2v) is 5.85. The molecule has 132 valence electrons.